The number of fused-ring (bicyclic) bond motifs is 1. The van der Waals surface area contributed by atoms with Gasteiger partial charge in [0.2, 0.25) is 0 Å². The molecule has 0 N–H and O–H groups in total. The highest BCUT2D eigenvalue weighted by Crippen LogP contribution is 2.26. The first-order valence-electron chi connectivity index (χ1n) is 9.19. The van der Waals surface area contributed by atoms with Crippen molar-refractivity contribution < 1.29 is 4.79 Å². The quantitative estimate of drug-likeness (QED) is 0.868. The maximum absolute atomic E-state index is 13.0. The first kappa shape index (κ1) is 15.4. The van der Waals surface area contributed by atoms with Crippen molar-refractivity contribution in [3.8, 4) is 0 Å². The minimum Gasteiger partial charge on any atom is -0.337 e. The van der Waals surface area contributed by atoms with Gasteiger partial charge in [-0.15, -0.1) is 0 Å². The topological polar surface area (TPSA) is 38.1 Å². The summed E-state index contributed by atoms with van der Waals surface area (Å²) >= 11 is 0. The summed E-state index contributed by atoms with van der Waals surface area (Å²) in [5, 5.41) is 0. The Morgan fingerprint density at radius 1 is 1.25 bits per heavy atom. The van der Waals surface area contributed by atoms with E-state index in [0.29, 0.717) is 6.04 Å². The number of hydrogen-bond acceptors (Lipinski definition) is 2. The number of nitrogens with zero attached hydrogens (tertiary/aromatic N) is 3. The molecule has 1 amide bonds. The average molecular weight is 323 g/mol. The molecule has 0 saturated carbocycles. The highest BCUT2D eigenvalue weighted by Gasteiger charge is 2.27. The number of aryl methyl sites for hydroxylation is 3. The van der Waals surface area contributed by atoms with Gasteiger partial charge in [-0.3, -0.25) is 4.79 Å². The number of benzene rings is 1. The van der Waals surface area contributed by atoms with Gasteiger partial charge < -0.3 is 9.47 Å². The molecule has 4 heteroatoms. The van der Waals surface area contributed by atoms with Gasteiger partial charge in [-0.05, 0) is 55.4 Å². The molecule has 2 aliphatic rings. The van der Waals surface area contributed by atoms with Gasteiger partial charge in [0, 0.05) is 37.5 Å². The molecule has 1 atom stereocenters. The van der Waals surface area contributed by atoms with Crippen LogP contribution in [-0.4, -0.2) is 33.4 Å². The zero-order valence-corrected chi connectivity index (χ0v) is 14.4. The largest absolute Gasteiger partial charge is 0.337 e. The van der Waals surface area contributed by atoms with E-state index in [2.05, 4.69) is 34.8 Å². The monoisotopic (exact) mass is 323 g/mol. The molecule has 24 heavy (non-hydrogen) atoms. The molecule has 0 radical (unpaired) electrons. The van der Waals surface area contributed by atoms with E-state index < -0.39 is 0 Å². The fraction of sp³-hybridized carbons (Fsp3) is 0.500. The van der Waals surface area contributed by atoms with Gasteiger partial charge in [0.1, 0.15) is 5.82 Å². The zero-order valence-electron chi connectivity index (χ0n) is 14.4. The van der Waals surface area contributed by atoms with Crippen LogP contribution in [0.3, 0.4) is 0 Å². The normalized spacial score (nSPS) is 20.2. The Bertz CT molecular complexity index is 749. The van der Waals surface area contributed by atoms with Crippen LogP contribution in [0, 0.1) is 0 Å². The van der Waals surface area contributed by atoms with Crippen molar-refractivity contribution in [2.75, 3.05) is 13.1 Å². The van der Waals surface area contributed by atoms with Gasteiger partial charge in [-0.1, -0.05) is 13.0 Å². The number of hydrogen-bond donors (Lipinski definition) is 0. The van der Waals surface area contributed by atoms with Crippen LogP contribution in [0.4, 0.5) is 0 Å². The highest BCUT2D eigenvalue weighted by atomic mass is 16.2. The average Bonchev–Trinajstić information content (AvgIpc) is 3.29. The van der Waals surface area contributed by atoms with E-state index in [1.807, 2.05) is 17.2 Å². The first-order chi connectivity index (χ1) is 11.8. The van der Waals surface area contributed by atoms with Crippen molar-refractivity contribution in [2.45, 2.75) is 51.5 Å². The van der Waals surface area contributed by atoms with Crippen molar-refractivity contribution in [3.63, 3.8) is 0 Å². The number of carbonyl (C=O) groups is 1. The number of carbonyl (C=O) groups excluding carboxylic acids is 1. The fourth-order valence-corrected chi connectivity index (χ4v) is 4.20. The van der Waals surface area contributed by atoms with Crippen LogP contribution < -0.4 is 0 Å². The van der Waals surface area contributed by atoms with E-state index in [9.17, 15) is 4.79 Å². The number of likely N-dealkylation sites (tertiary alicyclic amines) is 1. The van der Waals surface area contributed by atoms with Crippen molar-refractivity contribution in [1.29, 1.82) is 0 Å². The first-order valence-corrected chi connectivity index (χ1v) is 9.19. The van der Waals surface area contributed by atoms with E-state index in [1.54, 1.807) is 0 Å². The Kier molecular flexibility index (Phi) is 4.13. The smallest absolute Gasteiger partial charge is 0.253 e. The van der Waals surface area contributed by atoms with Crippen LogP contribution in [0.2, 0.25) is 0 Å². The zero-order chi connectivity index (χ0) is 16.5. The maximum atomic E-state index is 13.0. The summed E-state index contributed by atoms with van der Waals surface area (Å²) < 4.78 is 2.27. The Hall–Kier alpha value is -2.10. The van der Waals surface area contributed by atoms with Crippen molar-refractivity contribution in [2.24, 2.45) is 0 Å². The van der Waals surface area contributed by atoms with Gasteiger partial charge in [-0.2, -0.15) is 0 Å². The number of rotatable bonds is 3. The number of imidazole rings is 1. The molecule has 4 nitrogen and oxygen atoms in total. The molecule has 1 aromatic heterocycles. The molecule has 4 rings (SSSR count). The number of piperidine rings is 1. The van der Waals surface area contributed by atoms with Crippen molar-refractivity contribution >= 4 is 5.91 Å². The van der Waals surface area contributed by atoms with E-state index in [1.165, 1.54) is 17.5 Å². The molecule has 1 aliphatic carbocycles. The lowest BCUT2D eigenvalue weighted by atomic mass is 10.0. The van der Waals surface area contributed by atoms with Crippen LogP contribution in [0.1, 0.15) is 59.5 Å². The molecule has 126 valence electrons. The van der Waals surface area contributed by atoms with E-state index in [4.69, 9.17) is 0 Å². The van der Waals surface area contributed by atoms with Gasteiger partial charge in [0.15, 0.2) is 0 Å². The molecule has 0 unspecified atom stereocenters. The van der Waals surface area contributed by atoms with Gasteiger partial charge in [0.25, 0.3) is 5.91 Å². The lowest BCUT2D eigenvalue weighted by molar-refractivity contribution is 0.0678. The van der Waals surface area contributed by atoms with Gasteiger partial charge >= 0.3 is 0 Å². The van der Waals surface area contributed by atoms with Gasteiger partial charge in [0.05, 0.1) is 6.04 Å². The molecule has 1 fully saturated rings. The lowest BCUT2D eigenvalue weighted by Crippen LogP contribution is -2.41. The molecular formula is C20H25N3O. The van der Waals surface area contributed by atoms with Crippen LogP contribution in [-0.2, 0) is 19.3 Å². The highest BCUT2D eigenvalue weighted by molar-refractivity contribution is 5.94. The number of aromatic nitrogens is 2. The molecule has 1 aromatic carbocycles. The van der Waals surface area contributed by atoms with Crippen LogP contribution >= 0.6 is 0 Å². The lowest BCUT2D eigenvalue weighted by Gasteiger charge is -2.34. The predicted molar refractivity (Wildman–Crippen MR) is 94.2 cm³/mol. The Balaban J connectivity index is 1.52. The SMILES string of the molecule is CCc1nccn1[C@@H]1CCCN(C(=O)c2ccc3c(c2)CCC3)C1. The molecule has 0 bridgehead atoms. The maximum Gasteiger partial charge on any atom is 0.253 e. The fourth-order valence-electron chi connectivity index (χ4n) is 4.20. The van der Waals surface area contributed by atoms with Crippen LogP contribution in [0.15, 0.2) is 30.6 Å². The predicted octanol–water partition coefficient (Wildman–Crippen LogP) is 3.41. The minimum absolute atomic E-state index is 0.188. The molecule has 0 spiro atoms. The number of amides is 1. The summed E-state index contributed by atoms with van der Waals surface area (Å²) in [7, 11) is 0. The summed E-state index contributed by atoms with van der Waals surface area (Å²) in [6.45, 7) is 3.79. The second kappa shape index (κ2) is 6.42. The van der Waals surface area contributed by atoms with Crippen LogP contribution in [0.25, 0.3) is 0 Å². The van der Waals surface area contributed by atoms with E-state index in [-0.39, 0.29) is 5.91 Å². The third-order valence-corrected chi connectivity index (χ3v) is 5.49. The summed E-state index contributed by atoms with van der Waals surface area (Å²) in [4.78, 5) is 19.4. The summed E-state index contributed by atoms with van der Waals surface area (Å²) in [6, 6.07) is 6.66. The van der Waals surface area contributed by atoms with Crippen molar-refractivity contribution in [1.82, 2.24) is 14.5 Å². The Labute approximate surface area is 143 Å². The molecular weight excluding hydrogens is 298 g/mol. The summed E-state index contributed by atoms with van der Waals surface area (Å²) in [5.74, 6) is 1.30. The molecule has 2 heterocycles. The van der Waals surface area contributed by atoms with E-state index in [0.717, 1.165) is 56.6 Å². The van der Waals surface area contributed by atoms with Crippen molar-refractivity contribution in [3.05, 3.63) is 53.1 Å². The molecule has 2 aromatic rings. The second-order valence-corrected chi connectivity index (χ2v) is 6.99. The summed E-state index contributed by atoms with van der Waals surface area (Å²) in [5.41, 5.74) is 3.66. The van der Waals surface area contributed by atoms with Crippen LogP contribution in [0.5, 0.6) is 0 Å². The van der Waals surface area contributed by atoms with E-state index >= 15 is 0 Å². The summed E-state index contributed by atoms with van der Waals surface area (Å²) in [6.07, 6.45) is 10.6. The minimum atomic E-state index is 0.188. The Morgan fingerprint density at radius 3 is 3.00 bits per heavy atom. The third kappa shape index (κ3) is 2.74. The Morgan fingerprint density at radius 2 is 2.12 bits per heavy atom. The standard InChI is InChI=1S/C20H25N3O/c1-2-19-21-10-12-23(19)18-7-4-11-22(14-18)20(24)17-9-8-15-5-3-6-16(15)13-17/h8-10,12-13,18H,2-7,11,14H2,1H3/t18-/m1/s1. The second-order valence-electron chi connectivity index (χ2n) is 6.99. The molecule has 1 saturated heterocycles. The third-order valence-electron chi connectivity index (χ3n) is 5.49. The molecule has 1 aliphatic heterocycles. The van der Waals surface area contributed by atoms with Gasteiger partial charge in [-0.25, -0.2) is 4.98 Å².